The highest BCUT2D eigenvalue weighted by molar-refractivity contribution is 9.09. The lowest BCUT2D eigenvalue weighted by Gasteiger charge is -2.20. The average molecular weight is 272 g/mol. The number of nitrogen functional groups attached to an aromatic ring is 1. The quantitative estimate of drug-likeness (QED) is 0.280. The maximum Gasteiger partial charge on any atom is 0.150 e. The molecule has 0 aliphatic heterocycles. The van der Waals surface area contributed by atoms with Crippen molar-refractivity contribution in [3.63, 3.8) is 0 Å². The molecule has 0 atom stereocenters. The summed E-state index contributed by atoms with van der Waals surface area (Å²) in [7, 11) is 0. The van der Waals surface area contributed by atoms with Gasteiger partial charge in [0.2, 0.25) is 0 Å². The molecule has 0 saturated carbocycles. The molecule has 1 aromatic carbocycles. The summed E-state index contributed by atoms with van der Waals surface area (Å²) in [6.07, 6.45) is 1.70. The Hall–Kier alpha value is -1.07. The van der Waals surface area contributed by atoms with Crippen molar-refractivity contribution in [3.8, 4) is 0 Å². The van der Waals surface area contributed by atoms with E-state index in [2.05, 4.69) is 15.9 Å². The topological polar surface area (TPSA) is 72.4 Å². The molecule has 0 aromatic heterocycles. The van der Waals surface area contributed by atoms with Crippen LogP contribution in [0.25, 0.3) is 0 Å². The van der Waals surface area contributed by atoms with Crippen LogP contribution in [0.2, 0.25) is 0 Å². The Kier molecular flexibility index (Phi) is 4.58. The molecule has 0 amide bonds. The predicted molar refractivity (Wildman–Crippen MR) is 66.2 cm³/mol. The van der Waals surface area contributed by atoms with Gasteiger partial charge in [0.25, 0.3) is 0 Å². The number of hydrazine groups is 1. The first-order valence-electron chi connectivity index (χ1n) is 4.62. The first kappa shape index (κ1) is 12.0. The molecule has 82 valence electrons. The van der Waals surface area contributed by atoms with E-state index >= 15 is 0 Å². The van der Waals surface area contributed by atoms with E-state index in [-0.39, 0.29) is 0 Å². The smallest absolute Gasteiger partial charge is 0.150 e. The number of benzene rings is 1. The zero-order valence-electron chi connectivity index (χ0n) is 8.32. The van der Waals surface area contributed by atoms with Crippen LogP contribution in [0.5, 0.6) is 0 Å². The second-order valence-electron chi connectivity index (χ2n) is 3.17. The molecule has 0 aliphatic carbocycles. The number of hydrogen-bond acceptors (Lipinski definition) is 4. The lowest BCUT2D eigenvalue weighted by atomic mass is 10.2. The van der Waals surface area contributed by atoms with Crippen molar-refractivity contribution in [2.45, 2.75) is 6.42 Å². The van der Waals surface area contributed by atoms with Gasteiger partial charge < -0.3 is 10.7 Å². The second-order valence-corrected chi connectivity index (χ2v) is 3.97. The summed E-state index contributed by atoms with van der Waals surface area (Å²) >= 11 is 3.33. The van der Waals surface area contributed by atoms with Crippen LogP contribution >= 0.6 is 15.9 Å². The van der Waals surface area contributed by atoms with Gasteiger partial charge >= 0.3 is 0 Å². The molecule has 0 unspecified atom stereocenters. The van der Waals surface area contributed by atoms with E-state index in [1.807, 2.05) is 0 Å². The van der Waals surface area contributed by atoms with Crippen molar-refractivity contribution < 1.29 is 4.79 Å². The number of anilines is 2. The molecule has 5 heteroatoms. The van der Waals surface area contributed by atoms with Crippen molar-refractivity contribution in [1.82, 2.24) is 0 Å². The summed E-state index contributed by atoms with van der Waals surface area (Å²) in [6.45, 7) is 0.718. The maximum absolute atomic E-state index is 10.5. The molecule has 0 spiro atoms. The Morgan fingerprint density at radius 2 is 2.20 bits per heavy atom. The lowest BCUT2D eigenvalue weighted by molar-refractivity contribution is 0.112. The third-order valence-corrected chi connectivity index (χ3v) is 2.59. The molecule has 0 saturated heterocycles. The summed E-state index contributed by atoms with van der Waals surface area (Å²) in [5.41, 5.74) is 7.61. The third-order valence-electron chi connectivity index (χ3n) is 2.03. The van der Waals surface area contributed by atoms with E-state index in [4.69, 9.17) is 11.6 Å². The molecule has 0 radical (unpaired) electrons. The van der Waals surface area contributed by atoms with Gasteiger partial charge in [0.15, 0.2) is 0 Å². The van der Waals surface area contributed by atoms with Crippen LogP contribution in [-0.2, 0) is 0 Å². The molecule has 0 heterocycles. The van der Waals surface area contributed by atoms with Crippen molar-refractivity contribution >= 4 is 33.6 Å². The highest BCUT2D eigenvalue weighted by Gasteiger charge is 2.05. The summed E-state index contributed by atoms with van der Waals surface area (Å²) in [4.78, 5) is 10.5. The number of alkyl halides is 1. The van der Waals surface area contributed by atoms with E-state index < -0.39 is 0 Å². The van der Waals surface area contributed by atoms with Gasteiger partial charge in [0.05, 0.1) is 11.4 Å². The number of carbonyl (C=O) groups is 1. The molecule has 15 heavy (non-hydrogen) atoms. The Labute approximate surface area is 97.3 Å². The van der Waals surface area contributed by atoms with Crippen LogP contribution in [0.1, 0.15) is 16.8 Å². The van der Waals surface area contributed by atoms with E-state index in [0.29, 0.717) is 11.3 Å². The second kappa shape index (κ2) is 5.72. The van der Waals surface area contributed by atoms with Crippen LogP contribution in [0.3, 0.4) is 0 Å². The fourth-order valence-corrected chi connectivity index (χ4v) is 1.51. The van der Waals surface area contributed by atoms with Gasteiger partial charge in [-0.05, 0) is 24.6 Å². The first-order valence-corrected chi connectivity index (χ1v) is 5.74. The number of aldehydes is 1. The minimum atomic E-state index is 0.525. The minimum Gasteiger partial charge on any atom is -0.397 e. The maximum atomic E-state index is 10.5. The molecule has 1 aromatic rings. The van der Waals surface area contributed by atoms with Gasteiger partial charge in [0, 0.05) is 17.4 Å². The number of hydrogen-bond donors (Lipinski definition) is 2. The summed E-state index contributed by atoms with van der Waals surface area (Å²) in [5.74, 6) is 5.82. The van der Waals surface area contributed by atoms with Crippen molar-refractivity contribution in [2.75, 3.05) is 22.6 Å². The van der Waals surface area contributed by atoms with Crippen molar-refractivity contribution in [1.29, 1.82) is 0 Å². The summed E-state index contributed by atoms with van der Waals surface area (Å²) in [5, 5.41) is 2.48. The number of carbonyl (C=O) groups excluding carboxylic acids is 1. The Balaban J connectivity index is 2.80. The van der Waals surface area contributed by atoms with Gasteiger partial charge in [-0.15, -0.1) is 0 Å². The average Bonchev–Trinajstić information content (AvgIpc) is 2.25. The molecule has 0 aliphatic rings. The van der Waals surface area contributed by atoms with Crippen LogP contribution in [-0.4, -0.2) is 18.2 Å². The Morgan fingerprint density at radius 1 is 1.47 bits per heavy atom. The SMILES string of the molecule is Nc1cc(C=O)ccc1N(N)CCCBr. The van der Waals surface area contributed by atoms with E-state index in [9.17, 15) is 4.79 Å². The Bertz CT molecular complexity index is 343. The number of rotatable bonds is 5. The van der Waals surface area contributed by atoms with Crippen LogP contribution in [0, 0.1) is 0 Å². The molecular weight excluding hydrogens is 258 g/mol. The van der Waals surface area contributed by atoms with Gasteiger partial charge in [-0.25, -0.2) is 5.84 Å². The van der Waals surface area contributed by atoms with Crippen LogP contribution in [0.15, 0.2) is 18.2 Å². The first-order chi connectivity index (χ1) is 7.19. The summed E-state index contributed by atoms with van der Waals surface area (Å²) in [6, 6.07) is 5.08. The van der Waals surface area contributed by atoms with E-state index in [0.717, 1.165) is 30.3 Å². The Morgan fingerprint density at radius 3 is 2.73 bits per heavy atom. The van der Waals surface area contributed by atoms with Gasteiger partial charge in [-0.3, -0.25) is 4.79 Å². The fourth-order valence-electron chi connectivity index (χ4n) is 1.26. The molecule has 1 rings (SSSR count). The molecule has 4 nitrogen and oxygen atoms in total. The molecule has 0 fully saturated rings. The lowest BCUT2D eigenvalue weighted by Crippen LogP contribution is -2.32. The zero-order chi connectivity index (χ0) is 11.3. The fraction of sp³-hybridized carbons (Fsp3) is 0.300. The van der Waals surface area contributed by atoms with Crippen LogP contribution < -0.4 is 16.6 Å². The molecule has 4 N–H and O–H groups in total. The van der Waals surface area contributed by atoms with Gasteiger partial charge in [-0.2, -0.15) is 0 Å². The molecular formula is C10H14BrN3O. The third kappa shape index (κ3) is 3.21. The van der Waals surface area contributed by atoms with Crippen molar-refractivity contribution in [2.24, 2.45) is 5.84 Å². The summed E-state index contributed by atoms with van der Waals surface area (Å²) < 4.78 is 0. The minimum absolute atomic E-state index is 0.525. The predicted octanol–water partition coefficient (Wildman–Crippen LogP) is 1.55. The van der Waals surface area contributed by atoms with Crippen LogP contribution in [0.4, 0.5) is 11.4 Å². The van der Waals surface area contributed by atoms with Crippen molar-refractivity contribution in [3.05, 3.63) is 23.8 Å². The number of nitrogens with zero attached hydrogens (tertiary/aromatic N) is 1. The largest absolute Gasteiger partial charge is 0.397 e. The van der Waals surface area contributed by atoms with Gasteiger partial charge in [0.1, 0.15) is 6.29 Å². The number of nitrogens with two attached hydrogens (primary N) is 2. The zero-order valence-corrected chi connectivity index (χ0v) is 9.90. The molecule has 0 bridgehead atoms. The number of halogens is 1. The standard InChI is InChI=1S/C10H14BrN3O/c11-4-1-5-14(13)10-3-2-8(7-15)6-9(10)12/h2-3,6-7H,1,4-5,12-13H2. The van der Waals surface area contributed by atoms with E-state index in [1.165, 1.54) is 0 Å². The van der Waals surface area contributed by atoms with E-state index in [1.54, 1.807) is 23.2 Å². The monoisotopic (exact) mass is 271 g/mol. The normalized spacial score (nSPS) is 10.0. The highest BCUT2D eigenvalue weighted by atomic mass is 79.9. The highest BCUT2D eigenvalue weighted by Crippen LogP contribution is 2.21. The van der Waals surface area contributed by atoms with Gasteiger partial charge in [-0.1, -0.05) is 15.9 Å².